The fourth-order valence-corrected chi connectivity index (χ4v) is 2.92. The van der Waals surface area contributed by atoms with Gasteiger partial charge >= 0.3 is 0 Å². The second kappa shape index (κ2) is 12.6. The van der Waals surface area contributed by atoms with E-state index in [1.807, 2.05) is 18.2 Å². The first kappa shape index (κ1) is 25.1. The second-order valence-electron chi connectivity index (χ2n) is 6.76. The van der Waals surface area contributed by atoms with Crippen molar-refractivity contribution in [1.82, 2.24) is 5.32 Å². The van der Waals surface area contributed by atoms with Gasteiger partial charge in [-0.1, -0.05) is 12.1 Å². The molecule has 3 N–H and O–H groups in total. The zero-order valence-corrected chi connectivity index (χ0v) is 18.8. The van der Waals surface area contributed by atoms with Crippen molar-refractivity contribution in [2.24, 2.45) is 5.73 Å². The molecule has 0 bridgehead atoms. The summed E-state index contributed by atoms with van der Waals surface area (Å²) in [5.41, 5.74) is 6.56. The number of amides is 2. The van der Waals surface area contributed by atoms with Crippen LogP contribution in [0.4, 0.5) is 0 Å². The Hall–Kier alpha value is -4.19. The van der Waals surface area contributed by atoms with E-state index in [4.69, 9.17) is 24.7 Å². The number of methoxy groups -OCH3 is 2. The van der Waals surface area contributed by atoms with Crippen molar-refractivity contribution in [3.63, 3.8) is 0 Å². The zero-order chi connectivity index (χ0) is 24.2. The van der Waals surface area contributed by atoms with Crippen LogP contribution in [0.1, 0.15) is 18.1 Å². The van der Waals surface area contributed by atoms with Gasteiger partial charge in [-0.25, -0.2) is 0 Å². The molecule has 2 rings (SSSR count). The number of carbonyl (C=O) groups is 2. The highest BCUT2D eigenvalue weighted by atomic mass is 16.5. The van der Waals surface area contributed by atoms with Crippen molar-refractivity contribution >= 4 is 17.9 Å². The van der Waals surface area contributed by atoms with Crippen LogP contribution in [0.2, 0.25) is 0 Å². The average Bonchev–Trinajstić information content (AvgIpc) is 2.81. The lowest BCUT2D eigenvalue weighted by Gasteiger charge is -2.12. The smallest absolute Gasteiger partial charge is 0.261 e. The Labute approximate surface area is 192 Å². The highest BCUT2D eigenvalue weighted by Crippen LogP contribution is 2.29. The number of nitriles is 1. The van der Waals surface area contributed by atoms with Gasteiger partial charge in [-0.2, -0.15) is 5.26 Å². The van der Waals surface area contributed by atoms with Crippen LogP contribution in [0.15, 0.2) is 42.0 Å². The van der Waals surface area contributed by atoms with Crippen molar-refractivity contribution in [1.29, 1.82) is 5.26 Å². The first-order valence-corrected chi connectivity index (χ1v) is 10.2. The summed E-state index contributed by atoms with van der Waals surface area (Å²) in [6, 6.07) is 12.3. The van der Waals surface area contributed by atoms with Crippen LogP contribution in [0, 0.1) is 11.3 Å². The monoisotopic (exact) mass is 453 g/mol. The molecular weight excluding hydrogens is 426 g/mol. The molecule has 2 aromatic rings. The van der Waals surface area contributed by atoms with E-state index < -0.39 is 11.8 Å². The van der Waals surface area contributed by atoms with Gasteiger partial charge in [0.2, 0.25) is 0 Å². The maximum absolute atomic E-state index is 12.5. The molecule has 9 heteroatoms. The quantitative estimate of drug-likeness (QED) is 0.372. The summed E-state index contributed by atoms with van der Waals surface area (Å²) in [4.78, 5) is 23.5. The molecule has 33 heavy (non-hydrogen) atoms. The molecule has 174 valence electrons. The molecule has 0 unspecified atom stereocenters. The Bertz CT molecular complexity index is 1060. The predicted octanol–water partition coefficient (Wildman–Crippen LogP) is 2.23. The van der Waals surface area contributed by atoms with Crippen LogP contribution in [-0.2, 0) is 16.0 Å². The van der Waals surface area contributed by atoms with Crippen molar-refractivity contribution in [3.8, 4) is 29.1 Å². The molecule has 0 heterocycles. The summed E-state index contributed by atoms with van der Waals surface area (Å²) >= 11 is 0. The standard InChI is InChI=1S/C24H27N3O6/c1-4-32-22-13-17(6-8-20(22)33-15-23(26)28)11-18(14-25)24(29)27-10-9-16-5-7-19(30-2)21(12-16)31-3/h5-8,11-13H,4,9-10,15H2,1-3H3,(H2,26,28)(H,27,29). The number of hydrogen-bond acceptors (Lipinski definition) is 7. The minimum Gasteiger partial charge on any atom is -0.493 e. The number of benzene rings is 2. The molecule has 9 nitrogen and oxygen atoms in total. The number of nitrogens with one attached hydrogen (secondary N) is 1. The summed E-state index contributed by atoms with van der Waals surface area (Å²) in [6.45, 7) is 2.20. The van der Waals surface area contributed by atoms with E-state index in [1.54, 1.807) is 45.4 Å². The Morgan fingerprint density at radius 1 is 1.03 bits per heavy atom. The lowest BCUT2D eigenvalue weighted by atomic mass is 10.1. The number of hydrogen-bond donors (Lipinski definition) is 2. The molecule has 0 saturated carbocycles. The lowest BCUT2D eigenvalue weighted by molar-refractivity contribution is -0.120. The summed E-state index contributed by atoms with van der Waals surface area (Å²) in [5, 5.41) is 12.2. The SMILES string of the molecule is CCOc1cc(C=C(C#N)C(=O)NCCc2ccc(OC)c(OC)c2)ccc1OCC(N)=O. The van der Waals surface area contributed by atoms with Crippen molar-refractivity contribution in [2.45, 2.75) is 13.3 Å². The molecule has 0 spiro atoms. The molecule has 0 aliphatic heterocycles. The number of rotatable bonds is 12. The maximum Gasteiger partial charge on any atom is 0.261 e. The summed E-state index contributed by atoms with van der Waals surface area (Å²) < 4.78 is 21.4. The number of primary amides is 1. The van der Waals surface area contributed by atoms with Gasteiger partial charge in [0.05, 0.1) is 20.8 Å². The van der Waals surface area contributed by atoms with Gasteiger partial charge in [0, 0.05) is 6.54 Å². The molecule has 2 aromatic carbocycles. The van der Waals surface area contributed by atoms with Crippen LogP contribution in [0.25, 0.3) is 6.08 Å². The first-order valence-electron chi connectivity index (χ1n) is 10.2. The van der Waals surface area contributed by atoms with Crippen LogP contribution in [0.5, 0.6) is 23.0 Å². The molecule has 0 atom stereocenters. The minimum atomic E-state index is -0.613. The van der Waals surface area contributed by atoms with Gasteiger partial charge in [0.15, 0.2) is 29.6 Å². The van der Waals surface area contributed by atoms with Crippen molar-refractivity contribution in [3.05, 3.63) is 53.1 Å². The molecule has 2 amide bonds. The number of nitrogens with two attached hydrogens (primary N) is 1. The Morgan fingerprint density at radius 3 is 2.39 bits per heavy atom. The van der Waals surface area contributed by atoms with E-state index >= 15 is 0 Å². The summed E-state index contributed by atoms with van der Waals surface area (Å²) in [5.74, 6) is 0.831. The zero-order valence-electron chi connectivity index (χ0n) is 18.8. The predicted molar refractivity (Wildman–Crippen MR) is 122 cm³/mol. The topological polar surface area (TPSA) is 133 Å². The number of nitrogens with zero attached hydrogens (tertiary/aromatic N) is 1. The second-order valence-corrected chi connectivity index (χ2v) is 6.76. The fourth-order valence-electron chi connectivity index (χ4n) is 2.92. The summed E-state index contributed by atoms with van der Waals surface area (Å²) in [7, 11) is 3.12. The highest BCUT2D eigenvalue weighted by molar-refractivity contribution is 6.01. The van der Waals surface area contributed by atoms with Gasteiger partial charge in [0.1, 0.15) is 11.6 Å². The molecule has 0 saturated heterocycles. The largest absolute Gasteiger partial charge is 0.493 e. The van der Waals surface area contributed by atoms with E-state index in [2.05, 4.69) is 5.32 Å². The maximum atomic E-state index is 12.5. The van der Waals surface area contributed by atoms with E-state index in [1.165, 1.54) is 6.08 Å². The van der Waals surface area contributed by atoms with E-state index in [0.29, 0.717) is 48.1 Å². The molecule has 0 fully saturated rings. The van der Waals surface area contributed by atoms with Crippen LogP contribution in [-0.4, -0.2) is 45.8 Å². The Morgan fingerprint density at radius 2 is 1.76 bits per heavy atom. The van der Waals surface area contributed by atoms with Gasteiger partial charge in [-0.05, 0) is 54.8 Å². The van der Waals surface area contributed by atoms with Crippen molar-refractivity contribution < 1.29 is 28.5 Å². The molecule has 0 radical (unpaired) electrons. The van der Waals surface area contributed by atoms with E-state index in [0.717, 1.165) is 5.56 Å². The van der Waals surface area contributed by atoms with Crippen LogP contribution >= 0.6 is 0 Å². The summed E-state index contributed by atoms with van der Waals surface area (Å²) in [6.07, 6.45) is 2.00. The van der Waals surface area contributed by atoms with Gasteiger partial charge in [-0.3, -0.25) is 9.59 Å². The molecular formula is C24H27N3O6. The third-order valence-electron chi connectivity index (χ3n) is 4.46. The van der Waals surface area contributed by atoms with Gasteiger partial charge < -0.3 is 30.0 Å². The molecule has 0 aliphatic carbocycles. The third kappa shape index (κ3) is 7.47. The van der Waals surface area contributed by atoms with Crippen LogP contribution < -0.4 is 30.0 Å². The highest BCUT2D eigenvalue weighted by Gasteiger charge is 2.12. The first-order chi connectivity index (χ1) is 15.9. The van der Waals surface area contributed by atoms with E-state index in [9.17, 15) is 14.9 Å². The Kier molecular flexibility index (Phi) is 9.58. The van der Waals surface area contributed by atoms with E-state index in [-0.39, 0.29) is 12.2 Å². The normalized spacial score (nSPS) is 10.7. The molecule has 0 aromatic heterocycles. The third-order valence-corrected chi connectivity index (χ3v) is 4.46. The average molecular weight is 453 g/mol. The number of ether oxygens (including phenoxy) is 4. The Balaban J connectivity index is 2.07. The number of carbonyl (C=O) groups excluding carboxylic acids is 2. The van der Waals surface area contributed by atoms with Gasteiger partial charge in [0.25, 0.3) is 11.8 Å². The van der Waals surface area contributed by atoms with Crippen molar-refractivity contribution in [2.75, 3.05) is 34.0 Å². The minimum absolute atomic E-state index is 0.0597. The molecule has 0 aliphatic rings. The van der Waals surface area contributed by atoms with Gasteiger partial charge in [-0.15, -0.1) is 0 Å². The van der Waals surface area contributed by atoms with Crippen LogP contribution in [0.3, 0.4) is 0 Å². The lowest BCUT2D eigenvalue weighted by Crippen LogP contribution is -2.26. The fraction of sp³-hybridized carbons (Fsp3) is 0.292.